The fourth-order valence-corrected chi connectivity index (χ4v) is 4.47. The number of hydrogen-bond donors (Lipinski definition) is 0. The highest BCUT2D eigenvalue weighted by atomic mass is 16.8. The van der Waals surface area contributed by atoms with Crippen molar-refractivity contribution in [3.05, 3.63) is 0 Å². The molecule has 2 saturated heterocycles. The summed E-state index contributed by atoms with van der Waals surface area (Å²) in [6.07, 6.45) is -12.8. The van der Waals surface area contributed by atoms with Gasteiger partial charge in [0.2, 0.25) is 0 Å². The highest BCUT2D eigenvalue weighted by molar-refractivity contribution is 5.69. The Labute approximate surface area is 236 Å². The zero-order chi connectivity index (χ0) is 31.0. The van der Waals surface area contributed by atoms with Crippen molar-refractivity contribution >= 4 is 35.8 Å². The molecule has 16 nitrogen and oxygen atoms in total. The van der Waals surface area contributed by atoms with E-state index in [-0.39, 0.29) is 0 Å². The molecule has 2 rings (SSSR count). The summed E-state index contributed by atoms with van der Waals surface area (Å²) in [5, 5.41) is 0. The minimum Gasteiger partial charge on any atom is -0.456 e. The van der Waals surface area contributed by atoms with Gasteiger partial charge in [-0.1, -0.05) is 0 Å². The van der Waals surface area contributed by atoms with Crippen LogP contribution >= 0.6 is 0 Å². The van der Waals surface area contributed by atoms with Gasteiger partial charge in [0.25, 0.3) is 0 Å². The summed E-state index contributed by atoms with van der Waals surface area (Å²) in [5.41, 5.74) is 0. The minimum atomic E-state index is -1.41. The van der Waals surface area contributed by atoms with Crippen molar-refractivity contribution in [1.82, 2.24) is 0 Å². The molecule has 0 saturated carbocycles. The quantitative estimate of drug-likeness (QED) is 0.237. The molecule has 16 heteroatoms. The lowest BCUT2D eigenvalue weighted by molar-refractivity contribution is -0.329. The number of rotatable bonds is 10. The molecule has 0 bridgehead atoms. The molecule has 0 N–H and O–H groups in total. The molecule has 41 heavy (non-hydrogen) atoms. The molecule has 2 fully saturated rings. The lowest BCUT2D eigenvalue weighted by Gasteiger charge is -2.45. The molecule has 0 amide bonds. The van der Waals surface area contributed by atoms with Crippen molar-refractivity contribution < 1.29 is 76.1 Å². The Hall–Kier alpha value is -3.34. The molecule has 0 aromatic heterocycles. The Morgan fingerprint density at radius 2 is 0.878 bits per heavy atom. The summed E-state index contributed by atoms with van der Waals surface area (Å²) in [4.78, 5) is 71.3. The largest absolute Gasteiger partial charge is 0.456 e. The van der Waals surface area contributed by atoms with Gasteiger partial charge in [-0.05, 0) is 6.92 Å². The second-order valence-electron chi connectivity index (χ2n) is 9.27. The normalized spacial score (nSPS) is 33.1. The van der Waals surface area contributed by atoms with E-state index in [1.807, 2.05) is 0 Å². The van der Waals surface area contributed by atoms with Crippen LogP contribution in [0, 0.1) is 0 Å². The number of ether oxygens (including phenoxy) is 10. The van der Waals surface area contributed by atoms with Gasteiger partial charge in [0.05, 0.1) is 12.7 Å². The van der Waals surface area contributed by atoms with E-state index in [0.29, 0.717) is 0 Å². The highest BCUT2D eigenvalue weighted by Gasteiger charge is 2.54. The van der Waals surface area contributed by atoms with Crippen molar-refractivity contribution in [1.29, 1.82) is 0 Å². The summed E-state index contributed by atoms with van der Waals surface area (Å²) in [7, 11) is 1.25. The number of hydrogen-bond acceptors (Lipinski definition) is 16. The third-order valence-electron chi connectivity index (χ3n) is 5.79. The Balaban J connectivity index is 2.41. The molecule has 10 atom stereocenters. The minimum absolute atomic E-state index is 0.456. The molecule has 0 aliphatic carbocycles. The van der Waals surface area contributed by atoms with Crippen LogP contribution in [0.1, 0.15) is 48.5 Å². The molecule has 0 aromatic carbocycles. The van der Waals surface area contributed by atoms with Gasteiger partial charge in [-0.3, -0.25) is 28.8 Å². The summed E-state index contributed by atoms with van der Waals surface area (Å²) in [6, 6.07) is 0. The standard InChI is InChI=1S/C25H36O16/c1-10-18(35-11(2)26)20(37-13(4)28)23(40-16(7)31)25(34-10)33-9-17-19(36-12(3)27)21(38-14(5)29)22(39-15(6)30)24(32-8)41-17/h10,17-25H,9H2,1-8H3/t10-,17-,18+,19+,20+,21+,22-,23-,24+,25-/m1/s1. The second-order valence-corrected chi connectivity index (χ2v) is 9.27. The van der Waals surface area contributed by atoms with Crippen molar-refractivity contribution in [2.45, 2.75) is 110 Å². The lowest BCUT2D eigenvalue weighted by atomic mass is 9.97. The van der Waals surface area contributed by atoms with Crippen LogP contribution in [-0.2, 0) is 76.1 Å². The molecule has 2 aliphatic rings. The van der Waals surface area contributed by atoms with Crippen LogP contribution in [0.5, 0.6) is 0 Å². The van der Waals surface area contributed by atoms with Gasteiger partial charge >= 0.3 is 35.8 Å². The van der Waals surface area contributed by atoms with Crippen LogP contribution in [0.25, 0.3) is 0 Å². The molecule has 2 heterocycles. The molecule has 0 spiro atoms. The number of esters is 6. The maximum atomic E-state index is 12.0. The average molecular weight is 593 g/mol. The maximum Gasteiger partial charge on any atom is 0.303 e. The maximum absolute atomic E-state index is 12.0. The predicted molar refractivity (Wildman–Crippen MR) is 129 cm³/mol. The fraction of sp³-hybridized carbons (Fsp3) is 0.760. The van der Waals surface area contributed by atoms with E-state index in [4.69, 9.17) is 47.4 Å². The average Bonchev–Trinajstić information content (AvgIpc) is 2.83. The number of carbonyl (C=O) groups excluding carboxylic acids is 6. The first-order valence-corrected chi connectivity index (χ1v) is 12.6. The van der Waals surface area contributed by atoms with E-state index >= 15 is 0 Å². The Morgan fingerprint density at radius 1 is 0.512 bits per heavy atom. The van der Waals surface area contributed by atoms with Gasteiger partial charge < -0.3 is 47.4 Å². The van der Waals surface area contributed by atoms with E-state index in [1.165, 1.54) is 14.0 Å². The van der Waals surface area contributed by atoms with Crippen LogP contribution in [0.3, 0.4) is 0 Å². The molecule has 0 radical (unpaired) electrons. The lowest BCUT2D eigenvalue weighted by Crippen LogP contribution is -2.64. The van der Waals surface area contributed by atoms with Gasteiger partial charge in [0, 0.05) is 48.7 Å². The SMILES string of the molecule is CO[C@H]1O[C@H](CO[C@@H]2O[C@H](C)[C@H](OC(C)=O)[C@H](OC(C)=O)[C@H]2OC(C)=O)[C@H](OC(C)=O)[C@H](OC(C)=O)[C@H]1OC(C)=O. The van der Waals surface area contributed by atoms with Crippen LogP contribution in [0.15, 0.2) is 0 Å². The molecule has 0 unspecified atom stereocenters. The van der Waals surface area contributed by atoms with Gasteiger partial charge in [-0.25, -0.2) is 0 Å². The summed E-state index contributed by atoms with van der Waals surface area (Å²) in [5.74, 6) is -4.55. The second kappa shape index (κ2) is 15.0. The Morgan fingerprint density at radius 3 is 1.32 bits per heavy atom. The summed E-state index contributed by atoms with van der Waals surface area (Å²) < 4.78 is 54.9. The van der Waals surface area contributed by atoms with E-state index in [2.05, 4.69) is 0 Å². The van der Waals surface area contributed by atoms with E-state index < -0.39 is 104 Å². The first-order chi connectivity index (χ1) is 19.1. The van der Waals surface area contributed by atoms with Gasteiger partial charge in [0.15, 0.2) is 49.2 Å². The van der Waals surface area contributed by atoms with E-state index in [9.17, 15) is 28.8 Å². The topological polar surface area (TPSA) is 195 Å². The zero-order valence-corrected chi connectivity index (χ0v) is 24.0. The fourth-order valence-electron chi connectivity index (χ4n) is 4.47. The summed E-state index contributed by atoms with van der Waals surface area (Å²) >= 11 is 0. The highest BCUT2D eigenvalue weighted by Crippen LogP contribution is 2.32. The first-order valence-electron chi connectivity index (χ1n) is 12.6. The van der Waals surface area contributed by atoms with Crippen molar-refractivity contribution in [2.24, 2.45) is 0 Å². The molecular weight excluding hydrogens is 556 g/mol. The van der Waals surface area contributed by atoms with Crippen molar-refractivity contribution in [3.8, 4) is 0 Å². The number of carbonyl (C=O) groups is 6. The Bertz CT molecular complexity index is 981. The first kappa shape index (κ1) is 33.9. The van der Waals surface area contributed by atoms with E-state index in [1.54, 1.807) is 0 Å². The molecule has 2 aliphatic heterocycles. The van der Waals surface area contributed by atoms with Crippen molar-refractivity contribution in [2.75, 3.05) is 13.7 Å². The van der Waals surface area contributed by atoms with Crippen LogP contribution in [-0.4, -0.2) is 111 Å². The molecule has 0 aromatic rings. The smallest absolute Gasteiger partial charge is 0.303 e. The third-order valence-corrected chi connectivity index (χ3v) is 5.79. The molecule has 232 valence electrons. The van der Waals surface area contributed by atoms with Crippen molar-refractivity contribution in [3.63, 3.8) is 0 Å². The van der Waals surface area contributed by atoms with Crippen LogP contribution in [0.4, 0.5) is 0 Å². The van der Waals surface area contributed by atoms with Gasteiger partial charge in [-0.15, -0.1) is 0 Å². The monoisotopic (exact) mass is 592 g/mol. The van der Waals surface area contributed by atoms with Gasteiger partial charge in [-0.2, -0.15) is 0 Å². The number of methoxy groups -OCH3 is 1. The Kier molecular flexibility index (Phi) is 12.4. The molecular formula is C25H36O16. The van der Waals surface area contributed by atoms with E-state index in [0.717, 1.165) is 41.5 Å². The van der Waals surface area contributed by atoms with Crippen LogP contribution in [0.2, 0.25) is 0 Å². The van der Waals surface area contributed by atoms with Gasteiger partial charge in [0.1, 0.15) is 6.10 Å². The predicted octanol–water partition coefficient (Wildman–Crippen LogP) is -0.291. The van der Waals surface area contributed by atoms with Crippen LogP contribution < -0.4 is 0 Å². The zero-order valence-electron chi connectivity index (χ0n) is 24.0. The summed E-state index contributed by atoms with van der Waals surface area (Å²) in [6.45, 7) is 7.75. The third kappa shape index (κ3) is 9.62.